The highest BCUT2D eigenvalue weighted by molar-refractivity contribution is 7.53. The van der Waals surface area contributed by atoms with Gasteiger partial charge in [-0.05, 0) is 46.5 Å². The molecule has 146 valence electrons. The van der Waals surface area contributed by atoms with Gasteiger partial charge in [0.15, 0.2) is 0 Å². The van der Waals surface area contributed by atoms with E-state index in [9.17, 15) is 14.2 Å². The molecule has 2 atom stereocenters. The third-order valence-electron chi connectivity index (χ3n) is 3.98. The number of amides is 1. The summed E-state index contributed by atoms with van der Waals surface area (Å²) >= 11 is 0. The summed E-state index contributed by atoms with van der Waals surface area (Å²) < 4.78 is 33.4. The van der Waals surface area contributed by atoms with E-state index in [1.807, 2.05) is 0 Å². The molecule has 0 radical (unpaired) electrons. The lowest BCUT2D eigenvalue weighted by atomic mass is 9.97. The molecule has 9 heteroatoms. The van der Waals surface area contributed by atoms with Crippen LogP contribution in [-0.2, 0) is 27.9 Å². The monoisotopic (exact) mass is 379 g/mol. The minimum Gasteiger partial charge on any atom is -0.464 e. The molecule has 1 heterocycles. The van der Waals surface area contributed by atoms with Crippen LogP contribution < -0.4 is 0 Å². The molecule has 1 rings (SSSR count). The second-order valence-electron chi connectivity index (χ2n) is 5.60. The fraction of sp³-hybridized carbons (Fsp3) is 0.875. The number of ether oxygens (including phenoxy) is 2. The van der Waals surface area contributed by atoms with Gasteiger partial charge in [0.25, 0.3) is 0 Å². The highest BCUT2D eigenvalue weighted by Gasteiger charge is 2.44. The van der Waals surface area contributed by atoms with Crippen molar-refractivity contribution in [1.82, 2.24) is 4.90 Å². The molecular formula is C16H30NO7P. The van der Waals surface area contributed by atoms with Gasteiger partial charge >= 0.3 is 19.7 Å². The molecule has 0 unspecified atom stereocenters. The molecule has 0 aromatic carbocycles. The SMILES string of the molecule is CCOC(=O)[C@@H]1[C@@H](CCP(=O)(OCC)OCC)CCN1C(=O)OCC. The third kappa shape index (κ3) is 6.28. The molecule has 1 aliphatic heterocycles. The number of hydrogen-bond acceptors (Lipinski definition) is 7. The lowest BCUT2D eigenvalue weighted by Crippen LogP contribution is -2.44. The summed E-state index contributed by atoms with van der Waals surface area (Å²) in [7, 11) is -3.19. The maximum absolute atomic E-state index is 12.6. The van der Waals surface area contributed by atoms with Gasteiger partial charge < -0.3 is 18.5 Å². The van der Waals surface area contributed by atoms with Gasteiger partial charge in [-0.25, -0.2) is 9.59 Å². The number of likely N-dealkylation sites (tertiary alicyclic amines) is 1. The van der Waals surface area contributed by atoms with E-state index >= 15 is 0 Å². The molecule has 1 aliphatic rings. The molecule has 0 aromatic heterocycles. The third-order valence-corrected chi connectivity index (χ3v) is 6.09. The lowest BCUT2D eigenvalue weighted by Gasteiger charge is -2.26. The molecule has 25 heavy (non-hydrogen) atoms. The molecular weight excluding hydrogens is 349 g/mol. The highest BCUT2D eigenvalue weighted by atomic mass is 31.2. The Balaban J connectivity index is 2.83. The van der Waals surface area contributed by atoms with Crippen LogP contribution in [-0.4, -0.2) is 62.1 Å². The summed E-state index contributed by atoms with van der Waals surface area (Å²) in [5.41, 5.74) is 0. The van der Waals surface area contributed by atoms with Gasteiger partial charge in [-0.2, -0.15) is 0 Å². The molecule has 0 bridgehead atoms. The lowest BCUT2D eigenvalue weighted by molar-refractivity contribution is -0.149. The summed E-state index contributed by atoms with van der Waals surface area (Å²) in [5.74, 6) is -0.626. The summed E-state index contributed by atoms with van der Waals surface area (Å²) in [6, 6.07) is -0.726. The Morgan fingerprint density at radius 1 is 1.00 bits per heavy atom. The van der Waals surface area contributed by atoms with Gasteiger partial charge in [0.05, 0.1) is 32.6 Å². The molecule has 1 saturated heterocycles. The largest absolute Gasteiger partial charge is 0.464 e. The predicted octanol–water partition coefficient (Wildman–Crippen LogP) is 3.05. The van der Waals surface area contributed by atoms with Crippen LogP contribution in [0.3, 0.4) is 0 Å². The molecule has 0 aromatic rings. The van der Waals surface area contributed by atoms with E-state index in [0.717, 1.165) is 0 Å². The number of rotatable bonds is 10. The second kappa shape index (κ2) is 10.8. The molecule has 8 nitrogen and oxygen atoms in total. The smallest absolute Gasteiger partial charge is 0.410 e. The molecule has 0 spiro atoms. The highest BCUT2D eigenvalue weighted by Crippen LogP contribution is 2.50. The molecule has 1 amide bonds. The van der Waals surface area contributed by atoms with Crippen molar-refractivity contribution in [3.63, 3.8) is 0 Å². The van der Waals surface area contributed by atoms with E-state index in [1.165, 1.54) is 4.90 Å². The number of hydrogen-bond donors (Lipinski definition) is 0. The fourth-order valence-corrected chi connectivity index (χ4v) is 4.77. The van der Waals surface area contributed by atoms with E-state index in [2.05, 4.69) is 0 Å². The quantitative estimate of drug-likeness (QED) is 0.425. The summed E-state index contributed by atoms with van der Waals surface area (Å²) in [5, 5.41) is 0. The Morgan fingerprint density at radius 2 is 1.60 bits per heavy atom. The summed E-state index contributed by atoms with van der Waals surface area (Å²) in [4.78, 5) is 25.9. The van der Waals surface area contributed by atoms with Crippen LogP contribution in [0, 0.1) is 5.92 Å². The first-order valence-corrected chi connectivity index (χ1v) is 10.6. The number of esters is 1. The molecule has 0 saturated carbocycles. The van der Waals surface area contributed by atoms with Crippen LogP contribution in [0.2, 0.25) is 0 Å². The summed E-state index contributed by atoms with van der Waals surface area (Å²) in [6.45, 7) is 8.39. The van der Waals surface area contributed by atoms with Crippen molar-refractivity contribution >= 4 is 19.7 Å². The normalized spacial score (nSPS) is 20.6. The van der Waals surface area contributed by atoms with Crippen LogP contribution in [0.15, 0.2) is 0 Å². The van der Waals surface area contributed by atoms with Crippen LogP contribution in [0.25, 0.3) is 0 Å². The first kappa shape index (κ1) is 21.9. The van der Waals surface area contributed by atoms with Crippen molar-refractivity contribution in [1.29, 1.82) is 0 Å². The van der Waals surface area contributed by atoms with Gasteiger partial charge in [-0.3, -0.25) is 9.46 Å². The van der Waals surface area contributed by atoms with E-state index in [-0.39, 0.29) is 38.5 Å². The minimum atomic E-state index is -3.19. The van der Waals surface area contributed by atoms with Gasteiger partial charge in [0, 0.05) is 6.54 Å². The number of nitrogens with zero attached hydrogens (tertiary/aromatic N) is 1. The zero-order chi connectivity index (χ0) is 18.9. The first-order chi connectivity index (χ1) is 11.9. The fourth-order valence-electron chi connectivity index (χ4n) is 3.00. The van der Waals surface area contributed by atoms with Crippen LogP contribution in [0.1, 0.15) is 40.5 Å². The van der Waals surface area contributed by atoms with Crippen molar-refractivity contribution in [3.8, 4) is 0 Å². The Morgan fingerprint density at radius 3 is 2.12 bits per heavy atom. The van der Waals surface area contributed by atoms with Crippen LogP contribution >= 0.6 is 7.60 Å². The van der Waals surface area contributed by atoms with E-state index in [0.29, 0.717) is 19.4 Å². The van der Waals surface area contributed by atoms with Crippen LogP contribution in [0.5, 0.6) is 0 Å². The number of carbonyl (C=O) groups is 2. The van der Waals surface area contributed by atoms with Gasteiger partial charge in [0.1, 0.15) is 6.04 Å². The maximum atomic E-state index is 12.6. The Hall–Kier alpha value is -1.11. The van der Waals surface area contributed by atoms with Crippen molar-refractivity contribution in [2.75, 3.05) is 39.1 Å². The van der Waals surface area contributed by atoms with E-state index in [4.69, 9.17) is 18.5 Å². The van der Waals surface area contributed by atoms with E-state index in [1.54, 1.807) is 27.7 Å². The van der Waals surface area contributed by atoms with Gasteiger partial charge in [0.2, 0.25) is 0 Å². The zero-order valence-electron chi connectivity index (χ0n) is 15.6. The average Bonchev–Trinajstić information content (AvgIpc) is 2.98. The van der Waals surface area contributed by atoms with E-state index < -0.39 is 25.7 Å². The Labute approximate surface area is 149 Å². The minimum absolute atomic E-state index is 0.169. The molecule has 1 fully saturated rings. The maximum Gasteiger partial charge on any atom is 0.410 e. The zero-order valence-corrected chi connectivity index (χ0v) is 16.5. The Kier molecular flexibility index (Phi) is 9.46. The van der Waals surface area contributed by atoms with Crippen molar-refractivity contribution < 1.29 is 32.7 Å². The molecule has 0 N–H and O–H groups in total. The molecule has 0 aliphatic carbocycles. The second-order valence-corrected chi connectivity index (χ2v) is 7.78. The Bertz CT molecular complexity index is 475. The van der Waals surface area contributed by atoms with Crippen molar-refractivity contribution in [2.24, 2.45) is 5.92 Å². The van der Waals surface area contributed by atoms with Crippen LogP contribution in [0.4, 0.5) is 4.79 Å². The van der Waals surface area contributed by atoms with Crippen molar-refractivity contribution in [2.45, 2.75) is 46.6 Å². The number of carbonyl (C=O) groups excluding carboxylic acids is 2. The first-order valence-electron chi connectivity index (χ1n) is 8.90. The van der Waals surface area contributed by atoms with Crippen molar-refractivity contribution in [3.05, 3.63) is 0 Å². The van der Waals surface area contributed by atoms with Gasteiger partial charge in [-0.15, -0.1) is 0 Å². The average molecular weight is 379 g/mol. The topological polar surface area (TPSA) is 91.4 Å². The summed E-state index contributed by atoms with van der Waals surface area (Å²) in [6.07, 6.45) is 0.726. The standard InChI is InChI=1S/C16H30NO7P/c1-5-21-15(18)14-13(9-11-17(14)16(19)22-6-2)10-12-25(20,23-7-3)24-8-4/h13-14H,5-12H2,1-4H3/t13-,14+/m1/s1. The predicted molar refractivity (Wildman–Crippen MR) is 92.6 cm³/mol. The van der Waals surface area contributed by atoms with Gasteiger partial charge in [-0.1, -0.05) is 0 Å².